The Morgan fingerprint density at radius 3 is 2.61 bits per heavy atom. The Labute approximate surface area is 227 Å². The molecule has 0 aliphatic carbocycles. The highest BCUT2D eigenvalue weighted by molar-refractivity contribution is 8.18. The second-order valence-corrected chi connectivity index (χ2v) is 9.57. The van der Waals surface area contributed by atoms with E-state index in [4.69, 9.17) is 30.5 Å². The number of carbonyl (C=O) groups is 3. The summed E-state index contributed by atoms with van der Waals surface area (Å²) in [6.07, 6.45) is 1.63. The molecule has 194 valence electrons. The number of imide groups is 1. The van der Waals surface area contributed by atoms with Crippen LogP contribution in [-0.2, 0) is 16.1 Å². The summed E-state index contributed by atoms with van der Waals surface area (Å²) < 4.78 is 21.4. The molecule has 0 atom stereocenters. The summed E-state index contributed by atoms with van der Waals surface area (Å²) in [5, 5.41) is 2.73. The van der Waals surface area contributed by atoms with Gasteiger partial charge >= 0.3 is 0 Å². The second-order valence-electron chi connectivity index (χ2n) is 8.17. The maximum absolute atomic E-state index is 12.9. The summed E-state index contributed by atoms with van der Waals surface area (Å²) in [4.78, 5) is 39.2. The van der Waals surface area contributed by atoms with E-state index in [0.29, 0.717) is 44.8 Å². The third-order valence-corrected chi connectivity index (χ3v) is 6.93. The number of ether oxygens (including phenoxy) is 4. The Hall–Kier alpha value is -4.15. The number of benzene rings is 3. The number of thioether (sulfide) groups is 1. The van der Waals surface area contributed by atoms with Gasteiger partial charge in [-0.3, -0.25) is 19.3 Å². The molecule has 2 aliphatic heterocycles. The molecule has 3 amide bonds. The monoisotopic (exact) mass is 552 g/mol. The van der Waals surface area contributed by atoms with E-state index >= 15 is 0 Å². The highest BCUT2D eigenvalue weighted by Gasteiger charge is 2.35. The molecule has 3 aromatic rings. The van der Waals surface area contributed by atoms with Crippen molar-refractivity contribution >= 4 is 52.2 Å². The topological polar surface area (TPSA) is 103 Å². The van der Waals surface area contributed by atoms with Crippen LogP contribution in [0.5, 0.6) is 23.0 Å². The molecule has 11 heteroatoms. The van der Waals surface area contributed by atoms with E-state index in [2.05, 4.69) is 5.32 Å². The lowest BCUT2D eigenvalue weighted by Gasteiger charge is -2.14. The minimum Gasteiger partial charge on any atom is -0.495 e. The minimum atomic E-state index is -0.415. The highest BCUT2D eigenvalue weighted by atomic mass is 35.5. The second kappa shape index (κ2) is 11.1. The molecule has 1 saturated heterocycles. The molecule has 2 heterocycles. The Balaban J connectivity index is 1.19. The smallest absolute Gasteiger partial charge is 0.293 e. The molecule has 0 radical (unpaired) electrons. The van der Waals surface area contributed by atoms with E-state index in [0.717, 1.165) is 16.7 Å². The van der Waals surface area contributed by atoms with Crippen molar-refractivity contribution in [2.45, 2.75) is 6.54 Å². The Kier molecular flexibility index (Phi) is 7.43. The van der Waals surface area contributed by atoms with Crippen molar-refractivity contribution in [2.75, 3.05) is 25.8 Å². The van der Waals surface area contributed by atoms with Crippen LogP contribution in [0.2, 0.25) is 5.02 Å². The van der Waals surface area contributed by atoms with Gasteiger partial charge in [0.05, 0.1) is 24.2 Å². The fourth-order valence-corrected chi connectivity index (χ4v) is 4.83. The molecular formula is C27H21ClN2O7S. The molecule has 9 nitrogen and oxygen atoms in total. The van der Waals surface area contributed by atoms with Gasteiger partial charge in [0.2, 0.25) is 6.79 Å². The van der Waals surface area contributed by atoms with Gasteiger partial charge in [-0.25, -0.2) is 0 Å². The van der Waals surface area contributed by atoms with Crippen LogP contribution < -0.4 is 24.3 Å². The van der Waals surface area contributed by atoms with Crippen LogP contribution in [0.1, 0.15) is 11.1 Å². The molecule has 0 spiro atoms. The predicted molar refractivity (Wildman–Crippen MR) is 143 cm³/mol. The van der Waals surface area contributed by atoms with Crippen LogP contribution in [0, 0.1) is 0 Å². The summed E-state index contributed by atoms with van der Waals surface area (Å²) in [7, 11) is 1.53. The van der Waals surface area contributed by atoms with E-state index < -0.39 is 11.1 Å². The SMILES string of the molecule is COc1ccccc1NC(=O)COc1ccc(C=C2SC(=O)N(Cc3cc4c(cc3Cl)OCO4)C2=O)cc1. The zero-order chi connectivity index (χ0) is 26.6. The van der Waals surface area contributed by atoms with E-state index in [1.165, 1.54) is 7.11 Å². The number of halogens is 1. The standard InChI is InChI=1S/C27H21ClN2O7S/c1-34-21-5-3-2-4-20(21)29-25(31)14-35-18-8-6-16(7-9-18)10-24-26(32)30(27(33)38-24)13-17-11-22-23(12-19(17)28)37-15-36-22/h2-12H,13-15H2,1H3,(H,29,31). The number of fused-ring (bicyclic) bond motifs is 1. The average Bonchev–Trinajstić information content (AvgIpc) is 3.47. The number of hydrogen-bond donors (Lipinski definition) is 1. The van der Waals surface area contributed by atoms with Gasteiger partial charge in [0, 0.05) is 11.1 Å². The van der Waals surface area contributed by atoms with Crippen molar-refractivity contribution in [1.29, 1.82) is 0 Å². The van der Waals surface area contributed by atoms with Crippen LogP contribution in [0.15, 0.2) is 65.6 Å². The fraction of sp³-hybridized carbons (Fsp3) is 0.148. The van der Waals surface area contributed by atoms with Gasteiger partial charge in [-0.2, -0.15) is 0 Å². The number of amides is 3. The lowest BCUT2D eigenvalue weighted by atomic mass is 10.1. The maximum Gasteiger partial charge on any atom is 0.293 e. The van der Waals surface area contributed by atoms with Crippen LogP contribution in [-0.4, -0.2) is 42.5 Å². The predicted octanol–water partition coefficient (Wildman–Crippen LogP) is 5.33. The number of nitrogens with zero attached hydrogens (tertiary/aromatic N) is 1. The van der Waals surface area contributed by atoms with Gasteiger partial charge in [-0.1, -0.05) is 35.9 Å². The molecule has 2 aliphatic rings. The molecule has 0 aromatic heterocycles. The lowest BCUT2D eigenvalue weighted by molar-refractivity contribution is -0.123. The first-order valence-corrected chi connectivity index (χ1v) is 12.6. The maximum atomic E-state index is 12.9. The zero-order valence-corrected chi connectivity index (χ0v) is 21.6. The molecule has 3 aromatic carbocycles. The van der Waals surface area contributed by atoms with E-state index in [1.807, 2.05) is 6.07 Å². The molecule has 1 fully saturated rings. The number of hydrogen-bond acceptors (Lipinski definition) is 8. The number of para-hydroxylation sites is 2. The van der Waals surface area contributed by atoms with Gasteiger partial charge in [0.25, 0.3) is 17.1 Å². The largest absolute Gasteiger partial charge is 0.495 e. The van der Waals surface area contributed by atoms with Gasteiger partial charge in [-0.05, 0) is 59.3 Å². The first-order valence-electron chi connectivity index (χ1n) is 11.4. The summed E-state index contributed by atoms with van der Waals surface area (Å²) in [5.74, 6) is 1.32. The van der Waals surface area contributed by atoms with Crippen molar-refractivity contribution in [3.63, 3.8) is 0 Å². The number of carbonyl (C=O) groups excluding carboxylic acids is 3. The Morgan fingerprint density at radius 2 is 1.84 bits per heavy atom. The lowest BCUT2D eigenvalue weighted by Crippen LogP contribution is -2.27. The van der Waals surface area contributed by atoms with Gasteiger partial charge in [0.1, 0.15) is 11.5 Å². The normalized spacial score (nSPS) is 15.2. The molecule has 0 saturated carbocycles. The van der Waals surface area contributed by atoms with Crippen molar-refractivity contribution in [3.05, 3.63) is 81.7 Å². The minimum absolute atomic E-state index is 0.0151. The van der Waals surface area contributed by atoms with Crippen molar-refractivity contribution < 1.29 is 33.3 Å². The van der Waals surface area contributed by atoms with Crippen molar-refractivity contribution in [1.82, 2.24) is 4.90 Å². The van der Waals surface area contributed by atoms with Gasteiger partial charge in [0.15, 0.2) is 18.1 Å². The quantitative estimate of drug-likeness (QED) is 0.374. The number of anilines is 1. The van der Waals surface area contributed by atoms with Crippen LogP contribution in [0.3, 0.4) is 0 Å². The Morgan fingerprint density at radius 1 is 1.11 bits per heavy atom. The summed E-state index contributed by atoms with van der Waals surface area (Å²) >= 11 is 7.17. The molecule has 0 bridgehead atoms. The fourth-order valence-electron chi connectivity index (χ4n) is 3.78. The van der Waals surface area contributed by atoms with E-state index in [1.54, 1.807) is 60.7 Å². The molecule has 1 N–H and O–H groups in total. The van der Waals surface area contributed by atoms with Crippen LogP contribution in [0.25, 0.3) is 6.08 Å². The first kappa shape index (κ1) is 25.5. The average molecular weight is 553 g/mol. The van der Waals surface area contributed by atoms with Gasteiger partial charge < -0.3 is 24.3 Å². The highest BCUT2D eigenvalue weighted by Crippen LogP contribution is 2.39. The first-order chi connectivity index (χ1) is 18.4. The number of nitrogens with one attached hydrogen (secondary N) is 1. The molecule has 5 rings (SSSR count). The van der Waals surface area contributed by atoms with Gasteiger partial charge in [-0.15, -0.1) is 0 Å². The van der Waals surface area contributed by atoms with Crippen molar-refractivity contribution in [3.8, 4) is 23.0 Å². The summed E-state index contributed by atoms with van der Waals surface area (Å²) in [5.41, 5.74) is 1.83. The third kappa shape index (κ3) is 5.56. The van der Waals surface area contributed by atoms with Crippen LogP contribution >= 0.6 is 23.4 Å². The molecule has 38 heavy (non-hydrogen) atoms. The molecule has 0 unspecified atom stereocenters. The number of methoxy groups -OCH3 is 1. The summed E-state index contributed by atoms with van der Waals surface area (Å²) in [6.45, 7) is -0.0841. The zero-order valence-electron chi connectivity index (χ0n) is 20.1. The van der Waals surface area contributed by atoms with Crippen LogP contribution in [0.4, 0.5) is 10.5 Å². The van der Waals surface area contributed by atoms with Crippen molar-refractivity contribution in [2.24, 2.45) is 0 Å². The molecular weight excluding hydrogens is 532 g/mol. The number of rotatable bonds is 8. The Bertz CT molecular complexity index is 1440. The third-order valence-electron chi connectivity index (χ3n) is 5.67. The summed E-state index contributed by atoms with van der Waals surface area (Å²) in [6, 6.07) is 17.2. The van der Waals surface area contributed by atoms with E-state index in [-0.39, 0.29) is 30.8 Å². The van der Waals surface area contributed by atoms with E-state index in [9.17, 15) is 14.4 Å².